The van der Waals surface area contributed by atoms with Crippen molar-refractivity contribution >= 4 is 45.1 Å². The Kier molecular flexibility index (Phi) is 9.34. The number of carbonyl (C=O) groups is 2. The summed E-state index contributed by atoms with van der Waals surface area (Å²) in [7, 11) is -4.49. The van der Waals surface area contributed by atoms with Crippen LogP contribution in [0.15, 0.2) is 48.5 Å². The molecule has 7 nitrogen and oxygen atoms in total. The second-order valence-electron chi connectivity index (χ2n) is 12.6. The summed E-state index contributed by atoms with van der Waals surface area (Å²) < 4.78 is 54.5. The molecule has 2 fully saturated rings. The molecular formula is C30H36Cl2F2N2O5S. The van der Waals surface area contributed by atoms with Crippen LogP contribution >= 0.6 is 23.2 Å². The van der Waals surface area contributed by atoms with Crippen LogP contribution in [0, 0.1) is 11.3 Å². The molecule has 1 saturated carbocycles. The average molecular weight is 646 g/mol. The van der Waals surface area contributed by atoms with Crippen LogP contribution in [0.4, 0.5) is 8.78 Å². The number of sulfonamides is 1. The van der Waals surface area contributed by atoms with Crippen LogP contribution in [0.1, 0.15) is 76.5 Å². The number of aliphatic carboxylic acids is 1. The topological polar surface area (TPSA) is 95.0 Å². The highest BCUT2D eigenvalue weighted by atomic mass is 35.5. The van der Waals surface area contributed by atoms with E-state index in [4.69, 9.17) is 23.2 Å². The van der Waals surface area contributed by atoms with Crippen molar-refractivity contribution in [2.45, 2.75) is 82.7 Å². The van der Waals surface area contributed by atoms with E-state index in [-0.39, 0.29) is 16.6 Å². The molecule has 0 aromatic heterocycles. The number of nitrogens with zero attached hydrogens (tertiary/aromatic N) is 2. The SMILES string of the molecule is CC(C)(C)S(=O)(=O)N(C[C@H](C1CC1)N1C(=O)[C@@](C)(CC(=O)O)CC(c2cccc(Cl)c2)[C@H]1c1ccc(Cl)cc1)C(F)F. The molecule has 1 aliphatic heterocycles. The molecule has 1 aliphatic carbocycles. The molecule has 1 saturated heterocycles. The molecule has 4 atom stereocenters. The van der Waals surface area contributed by atoms with Crippen molar-refractivity contribution in [1.82, 2.24) is 9.21 Å². The Labute approximate surface area is 255 Å². The molecule has 0 spiro atoms. The molecule has 1 N–H and O–H groups in total. The predicted molar refractivity (Wildman–Crippen MR) is 158 cm³/mol. The first-order valence-electron chi connectivity index (χ1n) is 13.8. The Hall–Kier alpha value is -2.27. The molecule has 230 valence electrons. The number of hydrogen-bond donors (Lipinski definition) is 1. The third-order valence-electron chi connectivity index (χ3n) is 8.32. The fourth-order valence-electron chi connectivity index (χ4n) is 6.01. The van der Waals surface area contributed by atoms with Crippen molar-refractivity contribution in [2.24, 2.45) is 11.3 Å². The van der Waals surface area contributed by atoms with Crippen molar-refractivity contribution < 1.29 is 31.9 Å². The van der Waals surface area contributed by atoms with E-state index in [1.54, 1.807) is 49.4 Å². The first kappa shape index (κ1) is 32.6. The Morgan fingerprint density at radius 2 is 1.71 bits per heavy atom. The standard InChI is InChI=1S/C30H36Cl2F2N2O5S/c1-29(2,3)42(40,41)35(28(33)34)17-24(18-8-9-18)36-26(19-10-12-21(31)13-11-19)23(20-6-5-7-22(32)14-20)15-30(4,27(36)39)16-25(37)38/h5-7,10-14,18,23-24,26,28H,8-9,15-17H2,1-4H3,(H,37,38)/t23?,24-,26-,30-/m1/s1. The summed E-state index contributed by atoms with van der Waals surface area (Å²) in [6, 6.07) is 12.3. The van der Waals surface area contributed by atoms with Gasteiger partial charge >= 0.3 is 12.5 Å². The maximum Gasteiger partial charge on any atom is 0.307 e. The number of hydrogen-bond acceptors (Lipinski definition) is 4. The number of amides is 1. The van der Waals surface area contributed by atoms with Gasteiger partial charge in [-0.3, -0.25) is 9.59 Å². The van der Waals surface area contributed by atoms with Crippen LogP contribution in [0.2, 0.25) is 10.0 Å². The van der Waals surface area contributed by atoms with Gasteiger partial charge in [0, 0.05) is 28.5 Å². The third kappa shape index (κ3) is 6.61. The summed E-state index contributed by atoms with van der Waals surface area (Å²) in [4.78, 5) is 28.1. The quantitative estimate of drug-likeness (QED) is 0.282. The van der Waals surface area contributed by atoms with E-state index >= 15 is 0 Å². The number of alkyl halides is 2. The second kappa shape index (κ2) is 12.0. The van der Waals surface area contributed by atoms with Crippen molar-refractivity contribution in [3.05, 3.63) is 69.7 Å². The lowest BCUT2D eigenvalue weighted by Crippen LogP contribution is -2.60. The van der Waals surface area contributed by atoms with Crippen LogP contribution in [0.3, 0.4) is 0 Å². The first-order chi connectivity index (χ1) is 19.5. The maximum absolute atomic E-state index is 14.5. The molecule has 2 aromatic rings. The lowest BCUT2D eigenvalue weighted by atomic mass is 9.67. The highest BCUT2D eigenvalue weighted by Crippen LogP contribution is 2.54. The molecule has 0 bridgehead atoms. The number of halogens is 4. The van der Waals surface area contributed by atoms with Gasteiger partial charge in [0.1, 0.15) is 0 Å². The van der Waals surface area contributed by atoms with Gasteiger partial charge in [-0.2, -0.15) is 8.78 Å². The van der Waals surface area contributed by atoms with E-state index in [0.29, 0.717) is 28.5 Å². The van der Waals surface area contributed by atoms with E-state index in [1.165, 1.54) is 25.7 Å². The lowest BCUT2D eigenvalue weighted by Gasteiger charge is -2.52. The number of rotatable bonds is 10. The molecule has 4 rings (SSSR count). The molecule has 2 aliphatic rings. The van der Waals surface area contributed by atoms with Gasteiger partial charge in [0.15, 0.2) is 0 Å². The molecule has 2 aromatic carbocycles. The Morgan fingerprint density at radius 1 is 1.10 bits per heavy atom. The second-order valence-corrected chi connectivity index (χ2v) is 16.1. The van der Waals surface area contributed by atoms with Gasteiger partial charge in [-0.15, -0.1) is 4.31 Å². The zero-order valence-electron chi connectivity index (χ0n) is 23.9. The normalized spacial score (nSPS) is 24.3. The molecule has 1 unspecified atom stereocenters. The van der Waals surface area contributed by atoms with Gasteiger partial charge in [0.2, 0.25) is 15.9 Å². The molecule has 42 heavy (non-hydrogen) atoms. The average Bonchev–Trinajstić information content (AvgIpc) is 3.71. The van der Waals surface area contributed by atoms with Gasteiger partial charge in [-0.1, -0.05) is 54.4 Å². The van der Waals surface area contributed by atoms with Crippen molar-refractivity contribution in [2.75, 3.05) is 6.54 Å². The van der Waals surface area contributed by atoms with Crippen molar-refractivity contribution in [3.63, 3.8) is 0 Å². The minimum Gasteiger partial charge on any atom is -0.481 e. The summed E-state index contributed by atoms with van der Waals surface area (Å²) in [6.07, 6.45) is 0.902. The van der Waals surface area contributed by atoms with Gasteiger partial charge < -0.3 is 10.0 Å². The minimum atomic E-state index is -4.49. The van der Waals surface area contributed by atoms with Gasteiger partial charge in [0.05, 0.1) is 22.6 Å². The summed E-state index contributed by atoms with van der Waals surface area (Å²) >= 11 is 12.6. The van der Waals surface area contributed by atoms with E-state index in [2.05, 4.69) is 0 Å². The van der Waals surface area contributed by atoms with Crippen LogP contribution in [-0.2, 0) is 19.6 Å². The molecular weight excluding hydrogens is 609 g/mol. The first-order valence-corrected chi connectivity index (χ1v) is 16.0. The number of carboxylic acid groups (broad SMARTS) is 1. The number of carboxylic acids is 1. The fourth-order valence-corrected chi connectivity index (χ4v) is 7.60. The highest BCUT2D eigenvalue weighted by molar-refractivity contribution is 7.90. The minimum absolute atomic E-state index is 0.151. The summed E-state index contributed by atoms with van der Waals surface area (Å²) in [6.45, 7) is 1.68. The van der Waals surface area contributed by atoms with Crippen LogP contribution in [0.25, 0.3) is 0 Å². The zero-order valence-corrected chi connectivity index (χ0v) is 26.3. The highest BCUT2D eigenvalue weighted by Gasteiger charge is 2.56. The van der Waals surface area contributed by atoms with Crippen LogP contribution < -0.4 is 0 Å². The molecule has 12 heteroatoms. The van der Waals surface area contributed by atoms with Gasteiger partial charge in [-0.05, 0) is 81.3 Å². The fraction of sp³-hybridized carbons (Fsp3) is 0.533. The van der Waals surface area contributed by atoms with Gasteiger partial charge in [0.25, 0.3) is 0 Å². The Morgan fingerprint density at radius 3 is 2.21 bits per heavy atom. The van der Waals surface area contributed by atoms with E-state index < -0.39 is 69.6 Å². The monoisotopic (exact) mass is 644 g/mol. The summed E-state index contributed by atoms with van der Waals surface area (Å²) in [5.41, 5.74) is 0.0233. The van der Waals surface area contributed by atoms with E-state index in [0.717, 1.165) is 5.56 Å². The summed E-state index contributed by atoms with van der Waals surface area (Å²) in [5, 5.41) is 10.7. The molecule has 0 radical (unpaired) electrons. The summed E-state index contributed by atoms with van der Waals surface area (Å²) in [5.74, 6) is -2.41. The number of benzene rings is 2. The zero-order chi connectivity index (χ0) is 31.2. The molecule has 1 heterocycles. The number of piperidine rings is 1. The van der Waals surface area contributed by atoms with Crippen molar-refractivity contribution in [1.29, 1.82) is 0 Å². The third-order valence-corrected chi connectivity index (χ3v) is 11.3. The van der Waals surface area contributed by atoms with E-state index in [9.17, 15) is 31.9 Å². The number of carbonyl (C=O) groups excluding carboxylic acids is 1. The Bertz CT molecular complexity index is 1430. The van der Waals surface area contributed by atoms with Crippen LogP contribution in [-0.4, -0.2) is 58.5 Å². The molecule has 1 amide bonds. The van der Waals surface area contributed by atoms with E-state index in [1.807, 2.05) is 6.07 Å². The predicted octanol–water partition coefficient (Wildman–Crippen LogP) is 6.96. The largest absolute Gasteiger partial charge is 0.481 e. The maximum atomic E-state index is 14.5. The smallest absolute Gasteiger partial charge is 0.307 e. The van der Waals surface area contributed by atoms with Crippen molar-refractivity contribution in [3.8, 4) is 0 Å². The Balaban J connectivity index is 1.94. The lowest BCUT2D eigenvalue weighted by molar-refractivity contribution is -0.162. The van der Waals surface area contributed by atoms with Gasteiger partial charge in [-0.25, -0.2) is 8.42 Å². The number of likely N-dealkylation sites (tertiary alicyclic amines) is 1. The van der Waals surface area contributed by atoms with Crippen LogP contribution in [0.5, 0.6) is 0 Å².